The summed E-state index contributed by atoms with van der Waals surface area (Å²) in [4.78, 5) is 0. The lowest BCUT2D eigenvalue weighted by atomic mass is 10.1. The number of aryl methyl sites for hydroxylation is 2. The minimum Gasteiger partial charge on any atom is -0.272 e. The van der Waals surface area contributed by atoms with Crippen molar-refractivity contribution in [3.63, 3.8) is 0 Å². The van der Waals surface area contributed by atoms with Crippen LogP contribution in [0.25, 0.3) is 11.1 Å². The van der Waals surface area contributed by atoms with Gasteiger partial charge in [-0.2, -0.15) is 5.10 Å². The predicted octanol–water partition coefficient (Wildman–Crippen LogP) is 3.27. The van der Waals surface area contributed by atoms with Gasteiger partial charge in [0, 0.05) is 18.3 Å². The molecule has 0 aliphatic carbocycles. The van der Waals surface area contributed by atoms with Gasteiger partial charge in [0.25, 0.3) is 0 Å². The van der Waals surface area contributed by atoms with Crippen molar-refractivity contribution in [3.8, 4) is 11.1 Å². The van der Waals surface area contributed by atoms with E-state index in [0.717, 1.165) is 13.0 Å². The minimum absolute atomic E-state index is 0.992. The second kappa shape index (κ2) is 4.30. The lowest BCUT2D eigenvalue weighted by Gasteiger charge is -1.98. The van der Waals surface area contributed by atoms with Crippen molar-refractivity contribution in [1.29, 1.82) is 0 Å². The van der Waals surface area contributed by atoms with E-state index in [-0.39, 0.29) is 0 Å². The van der Waals surface area contributed by atoms with Gasteiger partial charge in [-0.1, -0.05) is 36.8 Å². The lowest BCUT2D eigenvalue weighted by Crippen LogP contribution is -1.95. The number of aromatic nitrogens is 2. The second-order valence-electron chi connectivity index (χ2n) is 3.86. The van der Waals surface area contributed by atoms with Gasteiger partial charge in [-0.15, -0.1) is 0 Å². The van der Waals surface area contributed by atoms with E-state index in [2.05, 4.69) is 49.4 Å². The van der Waals surface area contributed by atoms with E-state index in [1.54, 1.807) is 0 Å². The Morgan fingerprint density at radius 1 is 1.27 bits per heavy atom. The molecule has 1 heterocycles. The van der Waals surface area contributed by atoms with Crippen LogP contribution >= 0.6 is 0 Å². The molecular formula is C13H16N2. The molecule has 0 spiro atoms. The first-order valence-corrected chi connectivity index (χ1v) is 5.39. The van der Waals surface area contributed by atoms with Crippen molar-refractivity contribution in [2.24, 2.45) is 0 Å². The van der Waals surface area contributed by atoms with Crippen molar-refractivity contribution in [2.75, 3.05) is 0 Å². The molecule has 1 aromatic carbocycles. The Bertz CT molecular complexity index is 443. The molecule has 0 fully saturated rings. The van der Waals surface area contributed by atoms with Gasteiger partial charge < -0.3 is 0 Å². The largest absolute Gasteiger partial charge is 0.272 e. The molecular weight excluding hydrogens is 184 g/mol. The standard InChI is InChI=1S/C13H16N2/c1-3-7-15-10-13(9-14-15)12-6-4-5-11(2)8-12/h4-6,8-10H,3,7H2,1-2H3. The van der Waals surface area contributed by atoms with E-state index in [0.29, 0.717) is 0 Å². The molecule has 0 saturated carbocycles. The zero-order valence-electron chi connectivity index (χ0n) is 9.27. The smallest absolute Gasteiger partial charge is 0.0568 e. The van der Waals surface area contributed by atoms with E-state index in [4.69, 9.17) is 0 Å². The Labute approximate surface area is 90.6 Å². The van der Waals surface area contributed by atoms with Crippen molar-refractivity contribution < 1.29 is 0 Å². The van der Waals surface area contributed by atoms with Crippen molar-refractivity contribution in [1.82, 2.24) is 9.78 Å². The maximum absolute atomic E-state index is 4.33. The topological polar surface area (TPSA) is 17.8 Å². The molecule has 0 N–H and O–H groups in total. The molecule has 0 radical (unpaired) electrons. The maximum Gasteiger partial charge on any atom is 0.0568 e. The van der Waals surface area contributed by atoms with E-state index < -0.39 is 0 Å². The summed E-state index contributed by atoms with van der Waals surface area (Å²) in [5, 5.41) is 4.33. The molecule has 0 unspecified atom stereocenters. The SMILES string of the molecule is CCCn1cc(-c2cccc(C)c2)cn1. The zero-order chi connectivity index (χ0) is 10.7. The summed E-state index contributed by atoms with van der Waals surface area (Å²) in [5.41, 5.74) is 3.74. The molecule has 2 aromatic rings. The van der Waals surface area contributed by atoms with Crippen LogP contribution in [0, 0.1) is 6.92 Å². The van der Waals surface area contributed by atoms with Crippen LogP contribution in [0.1, 0.15) is 18.9 Å². The minimum atomic E-state index is 0.992. The summed E-state index contributed by atoms with van der Waals surface area (Å²) in [6.45, 7) is 5.26. The summed E-state index contributed by atoms with van der Waals surface area (Å²) < 4.78 is 2.00. The van der Waals surface area contributed by atoms with Crippen LogP contribution in [0.15, 0.2) is 36.7 Å². The van der Waals surface area contributed by atoms with Gasteiger partial charge in [-0.3, -0.25) is 4.68 Å². The van der Waals surface area contributed by atoms with Crippen molar-refractivity contribution in [2.45, 2.75) is 26.8 Å². The monoisotopic (exact) mass is 200 g/mol. The van der Waals surface area contributed by atoms with Crippen LogP contribution in [0.4, 0.5) is 0 Å². The van der Waals surface area contributed by atoms with Gasteiger partial charge in [0.05, 0.1) is 6.20 Å². The Morgan fingerprint density at radius 3 is 2.87 bits per heavy atom. The van der Waals surface area contributed by atoms with Crippen LogP contribution in [-0.2, 0) is 6.54 Å². The molecule has 0 atom stereocenters. The molecule has 0 saturated heterocycles. The first-order chi connectivity index (χ1) is 7.29. The fraction of sp³-hybridized carbons (Fsp3) is 0.308. The first kappa shape index (κ1) is 9.97. The second-order valence-corrected chi connectivity index (χ2v) is 3.86. The van der Waals surface area contributed by atoms with Crippen LogP contribution in [0.5, 0.6) is 0 Å². The maximum atomic E-state index is 4.33. The quantitative estimate of drug-likeness (QED) is 0.743. The van der Waals surface area contributed by atoms with Crippen LogP contribution in [0.2, 0.25) is 0 Å². The number of hydrogen-bond donors (Lipinski definition) is 0. The van der Waals surface area contributed by atoms with Crippen LogP contribution in [0.3, 0.4) is 0 Å². The number of nitrogens with zero attached hydrogens (tertiary/aromatic N) is 2. The number of benzene rings is 1. The average Bonchev–Trinajstić information content (AvgIpc) is 2.67. The molecule has 15 heavy (non-hydrogen) atoms. The molecule has 2 heteroatoms. The average molecular weight is 200 g/mol. The fourth-order valence-electron chi connectivity index (χ4n) is 1.69. The highest BCUT2D eigenvalue weighted by Crippen LogP contribution is 2.19. The van der Waals surface area contributed by atoms with Crippen molar-refractivity contribution in [3.05, 3.63) is 42.2 Å². The van der Waals surface area contributed by atoms with Gasteiger partial charge in [0.15, 0.2) is 0 Å². The third kappa shape index (κ3) is 2.27. The summed E-state index contributed by atoms with van der Waals surface area (Å²) in [6.07, 6.45) is 5.16. The van der Waals surface area contributed by atoms with Gasteiger partial charge in [0.2, 0.25) is 0 Å². The summed E-state index contributed by atoms with van der Waals surface area (Å²) in [7, 11) is 0. The Hall–Kier alpha value is -1.57. The summed E-state index contributed by atoms with van der Waals surface area (Å²) in [6, 6.07) is 8.51. The third-order valence-electron chi connectivity index (χ3n) is 2.44. The molecule has 2 nitrogen and oxygen atoms in total. The molecule has 0 aliphatic rings. The first-order valence-electron chi connectivity index (χ1n) is 5.39. The Balaban J connectivity index is 2.29. The number of hydrogen-bond acceptors (Lipinski definition) is 1. The predicted molar refractivity (Wildman–Crippen MR) is 62.7 cm³/mol. The van der Waals surface area contributed by atoms with Crippen LogP contribution < -0.4 is 0 Å². The van der Waals surface area contributed by atoms with Gasteiger partial charge >= 0.3 is 0 Å². The molecule has 1 aromatic heterocycles. The highest BCUT2D eigenvalue weighted by Gasteiger charge is 2.00. The van der Waals surface area contributed by atoms with Gasteiger partial charge in [-0.25, -0.2) is 0 Å². The highest BCUT2D eigenvalue weighted by atomic mass is 15.3. The van der Waals surface area contributed by atoms with E-state index in [9.17, 15) is 0 Å². The van der Waals surface area contributed by atoms with Gasteiger partial charge in [-0.05, 0) is 18.9 Å². The normalized spacial score (nSPS) is 10.5. The zero-order valence-corrected chi connectivity index (χ0v) is 9.27. The molecule has 2 rings (SSSR count). The van der Waals surface area contributed by atoms with Crippen molar-refractivity contribution >= 4 is 0 Å². The third-order valence-corrected chi connectivity index (χ3v) is 2.44. The molecule has 0 amide bonds. The van der Waals surface area contributed by atoms with Gasteiger partial charge in [0.1, 0.15) is 0 Å². The van der Waals surface area contributed by atoms with Crippen LogP contribution in [-0.4, -0.2) is 9.78 Å². The Kier molecular flexibility index (Phi) is 2.86. The highest BCUT2D eigenvalue weighted by molar-refractivity contribution is 5.62. The Morgan fingerprint density at radius 2 is 2.13 bits per heavy atom. The van der Waals surface area contributed by atoms with E-state index in [1.165, 1.54) is 16.7 Å². The van der Waals surface area contributed by atoms with E-state index in [1.807, 2.05) is 10.9 Å². The fourth-order valence-corrected chi connectivity index (χ4v) is 1.69. The molecule has 0 aliphatic heterocycles. The molecule has 0 bridgehead atoms. The number of rotatable bonds is 3. The summed E-state index contributed by atoms with van der Waals surface area (Å²) >= 11 is 0. The summed E-state index contributed by atoms with van der Waals surface area (Å²) in [5.74, 6) is 0. The molecule has 78 valence electrons. The lowest BCUT2D eigenvalue weighted by molar-refractivity contribution is 0.603. The van der Waals surface area contributed by atoms with E-state index >= 15 is 0 Å².